The Labute approximate surface area is 181 Å². The van der Waals surface area contributed by atoms with Crippen LogP contribution in [0.25, 0.3) is 5.82 Å². The Morgan fingerprint density at radius 3 is 2.57 bits per heavy atom. The average molecular weight is 495 g/mol. The molecule has 150 valence electrons. The number of imidazole rings is 1. The van der Waals surface area contributed by atoms with E-state index in [-0.39, 0.29) is 24.0 Å². The van der Waals surface area contributed by atoms with Crippen molar-refractivity contribution in [1.82, 2.24) is 30.2 Å². The minimum atomic E-state index is 0. The summed E-state index contributed by atoms with van der Waals surface area (Å²) < 4.78 is 7.53. The van der Waals surface area contributed by atoms with Gasteiger partial charge < -0.3 is 15.1 Å². The maximum Gasteiger partial charge on any atom is 0.214 e. The van der Waals surface area contributed by atoms with E-state index in [9.17, 15) is 0 Å². The van der Waals surface area contributed by atoms with Crippen LogP contribution in [0.4, 0.5) is 0 Å². The van der Waals surface area contributed by atoms with Gasteiger partial charge in [0.2, 0.25) is 5.89 Å². The number of nitrogens with zero attached hydrogens (tertiary/aromatic N) is 5. The third kappa shape index (κ3) is 5.54. The van der Waals surface area contributed by atoms with Crippen LogP contribution in [0.1, 0.15) is 35.7 Å². The predicted molar refractivity (Wildman–Crippen MR) is 119 cm³/mol. The SMILES string of the molecule is CCNC(=NCc1ccc(-n2ccnc2C)nc1)NCc1nc(C)c(C)o1.I. The summed E-state index contributed by atoms with van der Waals surface area (Å²) in [6.45, 7) is 9.60. The molecule has 2 N–H and O–H groups in total. The lowest BCUT2D eigenvalue weighted by Gasteiger charge is -2.10. The third-order valence-electron chi connectivity index (χ3n) is 4.13. The molecule has 0 fully saturated rings. The van der Waals surface area contributed by atoms with Crippen molar-refractivity contribution >= 4 is 29.9 Å². The highest BCUT2D eigenvalue weighted by molar-refractivity contribution is 14.0. The maximum absolute atomic E-state index is 5.59. The number of rotatable bonds is 6. The highest BCUT2D eigenvalue weighted by Gasteiger charge is 2.07. The summed E-state index contributed by atoms with van der Waals surface area (Å²) >= 11 is 0. The molecule has 0 atom stereocenters. The number of aliphatic imine (C=N–C) groups is 1. The molecule has 0 bridgehead atoms. The van der Waals surface area contributed by atoms with E-state index in [1.54, 1.807) is 6.20 Å². The van der Waals surface area contributed by atoms with Crippen molar-refractivity contribution < 1.29 is 4.42 Å². The number of halogens is 1. The lowest BCUT2D eigenvalue weighted by atomic mass is 10.3. The van der Waals surface area contributed by atoms with E-state index in [0.717, 1.165) is 35.2 Å². The van der Waals surface area contributed by atoms with Crippen molar-refractivity contribution in [2.75, 3.05) is 6.54 Å². The second-order valence-electron chi connectivity index (χ2n) is 6.17. The van der Waals surface area contributed by atoms with Gasteiger partial charge in [0.25, 0.3) is 0 Å². The average Bonchev–Trinajstić information content (AvgIpc) is 3.23. The van der Waals surface area contributed by atoms with Crippen molar-refractivity contribution in [1.29, 1.82) is 0 Å². The topological polar surface area (TPSA) is 93.2 Å². The number of hydrogen-bond acceptors (Lipinski definition) is 5. The molecular weight excluding hydrogens is 469 g/mol. The van der Waals surface area contributed by atoms with Crippen LogP contribution in [0.15, 0.2) is 40.1 Å². The molecule has 0 saturated carbocycles. The minimum absolute atomic E-state index is 0. The van der Waals surface area contributed by atoms with Gasteiger partial charge in [0.15, 0.2) is 5.96 Å². The molecule has 0 aliphatic carbocycles. The van der Waals surface area contributed by atoms with E-state index < -0.39 is 0 Å². The van der Waals surface area contributed by atoms with Crippen LogP contribution >= 0.6 is 24.0 Å². The number of hydrogen-bond donors (Lipinski definition) is 2. The highest BCUT2D eigenvalue weighted by Crippen LogP contribution is 2.09. The molecule has 0 amide bonds. The Kier molecular flexibility index (Phi) is 7.97. The first-order valence-corrected chi connectivity index (χ1v) is 8.97. The molecule has 0 radical (unpaired) electrons. The van der Waals surface area contributed by atoms with Crippen molar-refractivity contribution in [3.8, 4) is 5.82 Å². The van der Waals surface area contributed by atoms with E-state index in [1.807, 2.05) is 56.8 Å². The summed E-state index contributed by atoms with van der Waals surface area (Å²) in [6, 6.07) is 3.99. The van der Waals surface area contributed by atoms with Gasteiger partial charge in [-0.05, 0) is 39.3 Å². The number of aromatic nitrogens is 4. The molecule has 0 aliphatic heterocycles. The molecule has 3 heterocycles. The Morgan fingerprint density at radius 2 is 2.00 bits per heavy atom. The van der Waals surface area contributed by atoms with Crippen molar-refractivity contribution in [3.05, 3.63) is 59.5 Å². The van der Waals surface area contributed by atoms with Gasteiger partial charge in [-0.3, -0.25) is 4.57 Å². The molecular formula is C19H26IN7O. The van der Waals surface area contributed by atoms with Crippen LogP contribution in [0, 0.1) is 20.8 Å². The summed E-state index contributed by atoms with van der Waals surface area (Å²) in [5.74, 6) is 3.95. The lowest BCUT2D eigenvalue weighted by Crippen LogP contribution is -2.36. The van der Waals surface area contributed by atoms with Crippen LogP contribution < -0.4 is 10.6 Å². The van der Waals surface area contributed by atoms with Gasteiger partial charge in [-0.2, -0.15) is 0 Å². The zero-order valence-electron chi connectivity index (χ0n) is 16.6. The van der Waals surface area contributed by atoms with Gasteiger partial charge in [-0.15, -0.1) is 24.0 Å². The molecule has 3 aromatic heterocycles. The first-order valence-electron chi connectivity index (χ1n) is 8.97. The van der Waals surface area contributed by atoms with Gasteiger partial charge >= 0.3 is 0 Å². The molecule has 28 heavy (non-hydrogen) atoms. The van der Waals surface area contributed by atoms with Gasteiger partial charge in [0.05, 0.1) is 18.8 Å². The second kappa shape index (κ2) is 10.2. The van der Waals surface area contributed by atoms with Crippen LogP contribution in [0.3, 0.4) is 0 Å². The van der Waals surface area contributed by atoms with Gasteiger partial charge in [-0.25, -0.2) is 19.9 Å². The van der Waals surface area contributed by atoms with Crippen molar-refractivity contribution in [3.63, 3.8) is 0 Å². The molecule has 0 saturated heterocycles. The normalized spacial score (nSPS) is 11.2. The molecule has 3 rings (SSSR count). The molecule has 0 spiro atoms. The Bertz CT molecular complexity index is 895. The van der Waals surface area contributed by atoms with E-state index in [4.69, 9.17) is 4.42 Å². The second-order valence-corrected chi connectivity index (χ2v) is 6.17. The van der Waals surface area contributed by atoms with E-state index >= 15 is 0 Å². The van der Waals surface area contributed by atoms with E-state index in [1.165, 1.54) is 0 Å². The van der Waals surface area contributed by atoms with Crippen LogP contribution in [0.2, 0.25) is 0 Å². The first-order chi connectivity index (χ1) is 13.1. The van der Waals surface area contributed by atoms with E-state index in [2.05, 4.69) is 30.6 Å². The van der Waals surface area contributed by atoms with Crippen LogP contribution in [0.5, 0.6) is 0 Å². The van der Waals surface area contributed by atoms with Gasteiger partial charge in [0.1, 0.15) is 17.4 Å². The van der Waals surface area contributed by atoms with Crippen molar-refractivity contribution in [2.45, 2.75) is 40.8 Å². The number of oxazole rings is 1. The smallest absolute Gasteiger partial charge is 0.214 e. The molecule has 0 unspecified atom stereocenters. The van der Waals surface area contributed by atoms with Gasteiger partial charge in [-0.1, -0.05) is 6.07 Å². The fourth-order valence-electron chi connectivity index (χ4n) is 2.56. The summed E-state index contributed by atoms with van der Waals surface area (Å²) in [5, 5.41) is 6.46. The number of guanidine groups is 1. The quantitative estimate of drug-likeness (QED) is 0.310. The number of pyridine rings is 1. The lowest BCUT2D eigenvalue weighted by molar-refractivity contribution is 0.463. The van der Waals surface area contributed by atoms with Gasteiger partial charge in [0, 0.05) is 25.1 Å². The summed E-state index contributed by atoms with van der Waals surface area (Å²) in [7, 11) is 0. The molecule has 9 heteroatoms. The third-order valence-corrected chi connectivity index (χ3v) is 4.13. The first kappa shape index (κ1) is 21.9. The predicted octanol–water partition coefficient (Wildman–Crippen LogP) is 3.05. The summed E-state index contributed by atoms with van der Waals surface area (Å²) in [6.07, 6.45) is 5.50. The fourth-order valence-corrected chi connectivity index (χ4v) is 2.56. The zero-order chi connectivity index (χ0) is 19.2. The van der Waals surface area contributed by atoms with E-state index in [0.29, 0.717) is 24.9 Å². The monoisotopic (exact) mass is 495 g/mol. The maximum atomic E-state index is 5.59. The fraction of sp³-hybridized carbons (Fsp3) is 0.368. The van der Waals surface area contributed by atoms with Crippen molar-refractivity contribution in [2.24, 2.45) is 4.99 Å². The number of nitrogens with one attached hydrogen (secondary N) is 2. The molecule has 0 aromatic carbocycles. The standard InChI is InChI=1S/C19H25N7O.HI/c1-5-20-19(24-12-18-25-13(2)14(3)27-18)23-11-16-6-7-17(22-10-16)26-9-8-21-15(26)4;/h6-10H,5,11-12H2,1-4H3,(H2,20,23,24);1H. The Morgan fingerprint density at radius 1 is 1.18 bits per heavy atom. The molecule has 0 aliphatic rings. The minimum Gasteiger partial charge on any atom is -0.444 e. The van der Waals surface area contributed by atoms with Crippen LogP contribution in [-0.2, 0) is 13.1 Å². The molecule has 3 aromatic rings. The summed E-state index contributed by atoms with van der Waals surface area (Å²) in [4.78, 5) is 17.7. The highest BCUT2D eigenvalue weighted by atomic mass is 127. The summed E-state index contributed by atoms with van der Waals surface area (Å²) in [5.41, 5.74) is 1.93. The Balaban J connectivity index is 0.00000280. The largest absolute Gasteiger partial charge is 0.444 e. The number of aryl methyl sites for hydroxylation is 3. The Hall–Kier alpha value is -2.43. The zero-order valence-corrected chi connectivity index (χ0v) is 18.9. The van der Waals surface area contributed by atoms with Crippen LogP contribution in [-0.4, -0.2) is 32.0 Å². The molecule has 8 nitrogen and oxygen atoms in total.